The Kier molecular flexibility index (Phi) is 8.20. The van der Waals surface area contributed by atoms with Gasteiger partial charge >= 0.3 is 0 Å². The lowest BCUT2D eigenvalue weighted by Gasteiger charge is -2.24. The van der Waals surface area contributed by atoms with Crippen molar-refractivity contribution >= 4 is 32.6 Å². The van der Waals surface area contributed by atoms with E-state index in [9.17, 15) is 9.18 Å². The van der Waals surface area contributed by atoms with Gasteiger partial charge < -0.3 is 14.4 Å². The number of benzene rings is 2. The maximum Gasteiger partial charge on any atom is 0.266 e. The van der Waals surface area contributed by atoms with E-state index < -0.39 is 0 Å². The molecule has 1 amide bonds. The standard InChI is InChI=1S/C23H28FN3O3S/c1-4-26(5-2)13-14-27(22(28)16-30-18-9-7-17(24)8-10-18)23-25-20-12-11-19(29-6-3)15-21(20)31-23/h7-12,15H,4-6,13-14,16H2,1-3H3. The third-order valence-corrected chi connectivity index (χ3v) is 5.94. The highest BCUT2D eigenvalue weighted by Crippen LogP contribution is 2.31. The van der Waals surface area contributed by atoms with Crippen LogP contribution in [0.1, 0.15) is 20.8 Å². The number of aromatic nitrogens is 1. The van der Waals surface area contributed by atoms with Gasteiger partial charge in [0, 0.05) is 13.1 Å². The third kappa shape index (κ3) is 6.15. The van der Waals surface area contributed by atoms with Gasteiger partial charge in [0.05, 0.1) is 16.8 Å². The van der Waals surface area contributed by atoms with Crippen molar-refractivity contribution < 1.29 is 18.7 Å². The van der Waals surface area contributed by atoms with Gasteiger partial charge in [-0.25, -0.2) is 9.37 Å². The number of hydrogen-bond donors (Lipinski definition) is 0. The number of carbonyl (C=O) groups excluding carboxylic acids is 1. The highest BCUT2D eigenvalue weighted by Gasteiger charge is 2.21. The van der Waals surface area contributed by atoms with Gasteiger partial charge in [-0.2, -0.15) is 0 Å². The molecule has 31 heavy (non-hydrogen) atoms. The van der Waals surface area contributed by atoms with Crippen LogP contribution in [-0.2, 0) is 4.79 Å². The molecule has 166 valence electrons. The predicted molar refractivity (Wildman–Crippen MR) is 123 cm³/mol. The Balaban J connectivity index is 1.80. The van der Waals surface area contributed by atoms with Crippen molar-refractivity contribution in [3.63, 3.8) is 0 Å². The quantitative estimate of drug-likeness (QED) is 0.432. The molecule has 0 aliphatic carbocycles. The number of ether oxygens (including phenoxy) is 2. The molecule has 0 atom stereocenters. The molecule has 6 nitrogen and oxygen atoms in total. The van der Waals surface area contributed by atoms with Gasteiger partial charge in [-0.3, -0.25) is 9.69 Å². The van der Waals surface area contributed by atoms with E-state index >= 15 is 0 Å². The highest BCUT2D eigenvalue weighted by molar-refractivity contribution is 7.22. The summed E-state index contributed by atoms with van der Waals surface area (Å²) in [5.74, 6) is 0.691. The van der Waals surface area contributed by atoms with Crippen molar-refractivity contribution in [2.45, 2.75) is 20.8 Å². The predicted octanol–water partition coefficient (Wildman–Crippen LogP) is 4.59. The van der Waals surface area contributed by atoms with E-state index in [0.717, 1.165) is 35.6 Å². The third-order valence-electron chi connectivity index (χ3n) is 4.90. The number of fused-ring (bicyclic) bond motifs is 1. The number of anilines is 1. The lowest BCUT2D eigenvalue weighted by molar-refractivity contribution is -0.120. The number of carbonyl (C=O) groups is 1. The second-order valence-corrected chi connectivity index (χ2v) is 7.88. The van der Waals surface area contributed by atoms with Gasteiger partial charge in [-0.05, 0) is 62.5 Å². The molecular weight excluding hydrogens is 417 g/mol. The second-order valence-electron chi connectivity index (χ2n) is 6.87. The number of thiazole rings is 1. The van der Waals surface area contributed by atoms with E-state index in [1.165, 1.54) is 35.6 Å². The molecule has 0 bridgehead atoms. The Hall–Kier alpha value is -2.71. The molecule has 0 fully saturated rings. The molecule has 3 rings (SSSR count). The summed E-state index contributed by atoms with van der Waals surface area (Å²) in [4.78, 5) is 21.7. The van der Waals surface area contributed by atoms with Crippen LogP contribution in [-0.4, -0.2) is 55.2 Å². The van der Waals surface area contributed by atoms with Crippen LogP contribution in [0.5, 0.6) is 11.5 Å². The first-order valence-electron chi connectivity index (χ1n) is 10.5. The van der Waals surface area contributed by atoms with E-state index in [0.29, 0.717) is 24.0 Å². The molecule has 0 aliphatic rings. The van der Waals surface area contributed by atoms with Crippen molar-refractivity contribution in [2.24, 2.45) is 0 Å². The van der Waals surface area contributed by atoms with Crippen molar-refractivity contribution in [2.75, 3.05) is 44.3 Å². The molecule has 0 radical (unpaired) electrons. The molecular formula is C23H28FN3O3S. The van der Waals surface area contributed by atoms with Crippen LogP contribution in [0.3, 0.4) is 0 Å². The highest BCUT2D eigenvalue weighted by atomic mass is 32.1. The second kappa shape index (κ2) is 11.1. The summed E-state index contributed by atoms with van der Waals surface area (Å²) >= 11 is 1.45. The Morgan fingerprint density at radius 3 is 2.39 bits per heavy atom. The van der Waals surface area contributed by atoms with Gasteiger partial charge in [0.25, 0.3) is 5.91 Å². The number of halogens is 1. The van der Waals surface area contributed by atoms with Gasteiger partial charge in [0.2, 0.25) is 0 Å². The number of rotatable bonds is 11. The van der Waals surface area contributed by atoms with Crippen LogP contribution in [0.15, 0.2) is 42.5 Å². The smallest absolute Gasteiger partial charge is 0.266 e. The lowest BCUT2D eigenvalue weighted by Crippen LogP contribution is -2.41. The number of nitrogens with zero attached hydrogens (tertiary/aromatic N) is 3. The Morgan fingerprint density at radius 1 is 1.00 bits per heavy atom. The molecule has 3 aromatic rings. The monoisotopic (exact) mass is 445 g/mol. The van der Waals surface area contributed by atoms with Crippen LogP contribution in [0.25, 0.3) is 10.2 Å². The summed E-state index contributed by atoms with van der Waals surface area (Å²) in [5.41, 5.74) is 0.823. The van der Waals surface area contributed by atoms with Gasteiger partial charge in [-0.1, -0.05) is 25.2 Å². The maximum absolute atomic E-state index is 13.1. The first kappa shape index (κ1) is 23.0. The van der Waals surface area contributed by atoms with E-state index in [-0.39, 0.29) is 18.3 Å². The van der Waals surface area contributed by atoms with Gasteiger partial charge in [0.15, 0.2) is 11.7 Å². The van der Waals surface area contributed by atoms with E-state index in [1.807, 2.05) is 25.1 Å². The largest absolute Gasteiger partial charge is 0.494 e. The Labute approximate surface area is 186 Å². The van der Waals surface area contributed by atoms with Crippen LogP contribution >= 0.6 is 11.3 Å². The molecule has 0 unspecified atom stereocenters. The Morgan fingerprint density at radius 2 is 1.71 bits per heavy atom. The summed E-state index contributed by atoms with van der Waals surface area (Å²) in [7, 11) is 0. The van der Waals surface area contributed by atoms with Crippen molar-refractivity contribution in [1.29, 1.82) is 0 Å². The molecule has 1 aromatic heterocycles. The van der Waals surface area contributed by atoms with Crippen LogP contribution in [0, 0.1) is 5.82 Å². The topological polar surface area (TPSA) is 54.9 Å². The van der Waals surface area contributed by atoms with Crippen LogP contribution < -0.4 is 14.4 Å². The minimum atomic E-state index is -0.347. The van der Waals surface area contributed by atoms with Crippen LogP contribution in [0.4, 0.5) is 9.52 Å². The van der Waals surface area contributed by atoms with Crippen molar-refractivity contribution in [3.8, 4) is 11.5 Å². The summed E-state index contributed by atoms with van der Waals surface area (Å²) in [6.07, 6.45) is 0. The Bertz CT molecular complexity index is 989. The zero-order chi connectivity index (χ0) is 22.2. The number of likely N-dealkylation sites (N-methyl/N-ethyl adjacent to an activating group) is 1. The summed E-state index contributed by atoms with van der Waals surface area (Å²) < 4.78 is 25.2. The lowest BCUT2D eigenvalue weighted by atomic mass is 10.3. The fourth-order valence-electron chi connectivity index (χ4n) is 3.13. The normalized spacial score (nSPS) is 11.1. The van der Waals surface area contributed by atoms with Crippen LogP contribution in [0.2, 0.25) is 0 Å². The molecule has 1 heterocycles. The first-order valence-corrected chi connectivity index (χ1v) is 11.3. The van der Waals surface area contributed by atoms with E-state index in [4.69, 9.17) is 9.47 Å². The minimum Gasteiger partial charge on any atom is -0.494 e. The molecule has 0 saturated carbocycles. The summed E-state index contributed by atoms with van der Waals surface area (Å²) in [6.45, 7) is 9.62. The maximum atomic E-state index is 13.1. The molecule has 0 N–H and O–H groups in total. The first-order chi connectivity index (χ1) is 15.0. The van der Waals surface area contributed by atoms with E-state index in [2.05, 4.69) is 23.7 Å². The van der Waals surface area contributed by atoms with Gasteiger partial charge in [0.1, 0.15) is 17.3 Å². The SMILES string of the molecule is CCOc1ccc2nc(N(CCN(CC)CC)C(=O)COc3ccc(F)cc3)sc2c1. The minimum absolute atomic E-state index is 0.149. The zero-order valence-electron chi connectivity index (χ0n) is 18.1. The fourth-order valence-corrected chi connectivity index (χ4v) is 4.16. The van der Waals surface area contributed by atoms with Crippen molar-refractivity contribution in [1.82, 2.24) is 9.88 Å². The fraction of sp³-hybridized carbons (Fsp3) is 0.391. The van der Waals surface area contributed by atoms with Gasteiger partial charge in [-0.15, -0.1) is 0 Å². The number of amides is 1. The molecule has 8 heteroatoms. The van der Waals surface area contributed by atoms with E-state index in [1.54, 1.807) is 4.90 Å². The molecule has 2 aromatic carbocycles. The average Bonchev–Trinajstić information content (AvgIpc) is 3.19. The summed E-state index contributed by atoms with van der Waals surface area (Å²) in [6, 6.07) is 11.4. The van der Waals surface area contributed by atoms with Crippen molar-refractivity contribution in [3.05, 3.63) is 48.3 Å². The number of hydrogen-bond acceptors (Lipinski definition) is 6. The molecule has 0 spiro atoms. The molecule has 0 aliphatic heterocycles. The molecule has 0 saturated heterocycles. The zero-order valence-corrected chi connectivity index (χ0v) is 19.0. The average molecular weight is 446 g/mol. The summed E-state index contributed by atoms with van der Waals surface area (Å²) in [5, 5.41) is 0.628.